The first-order valence-corrected chi connectivity index (χ1v) is 9.78. The number of fused-ring (bicyclic) bond motifs is 2. The lowest BCUT2D eigenvalue weighted by atomic mass is 10.2. The maximum absolute atomic E-state index is 12.4. The van der Waals surface area contributed by atoms with Gasteiger partial charge in [-0.05, 0) is 23.8 Å². The Bertz CT molecular complexity index is 1180. The fourth-order valence-corrected chi connectivity index (χ4v) is 4.06. The van der Waals surface area contributed by atoms with E-state index in [1.807, 2.05) is 29.8 Å². The second kappa shape index (κ2) is 8.00. The molecule has 3 aromatic rings. The fourth-order valence-electron chi connectivity index (χ4n) is 3.03. The van der Waals surface area contributed by atoms with Gasteiger partial charge in [0, 0.05) is 25.3 Å². The minimum atomic E-state index is -0.348. The maximum Gasteiger partial charge on any atom is 0.272 e. The summed E-state index contributed by atoms with van der Waals surface area (Å²) in [4.78, 5) is 17.2. The first-order chi connectivity index (χ1) is 14.1. The van der Waals surface area contributed by atoms with Gasteiger partial charge in [-0.25, -0.2) is 0 Å². The van der Waals surface area contributed by atoms with E-state index in [9.17, 15) is 4.79 Å². The minimum absolute atomic E-state index is 0.348. The fraction of sp³-hybridized carbons (Fsp3) is 0.238. The summed E-state index contributed by atoms with van der Waals surface area (Å²) in [7, 11) is 5.02. The number of amides is 1. The number of rotatable bonds is 4. The van der Waals surface area contributed by atoms with Crippen molar-refractivity contribution in [2.24, 2.45) is 12.0 Å². The van der Waals surface area contributed by atoms with Crippen LogP contribution in [-0.2, 0) is 11.8 Å². The number of hydrogen-bond donors (Lipinski definition) is 0. The van der Waals surface area contributed by atoms with Gasteiger partial charge in [0.05, 0.1) is 24.4 Å². The predicted octanol–water partition coefficient (Wildman–Crippen LogP) is 3.17. The molecule has 2 aromatic carbocycles. The molecule has 1 aliphatic rings. The maximum atomic E-state index is 12.4. The second-order valence-electron chi connectivity index (χ2n) is 6.31. The van der Waals surface area contributed by atoms with Crippen molar-refractivity contribution in [1.82, 2.24) is 4.57 Å². The molecule has 0 spiro atoms. The zero-order chi connectivity index (χ0) is 20.4. The minimum Gasteiger partial charge on any atom is -0.493 e. The zero-order valence-corrected chi connectivity index (χ0v) is 17.1. The van der Waals surface area contributed by atoms with E-state index in [1.54, 1.807) is 32.4 Å². The van der Waals surface area contributed by atoms with E-state index in [4.69, 9.17) is 18.9 Å². The first kappa shape index (κ1) is 19.1. The van der Waals surface area contributed by atoms with E-state index >= 15 is 0 Å². The number of aryl methyl sites for hydroxylation is 1. The normalized spacial score (nSPS) is 13.8. The average molecular weight is 412 g/mol. The Morgan fingerprint density at radius 1 is 1.10 bits per heavy atom. The van der Waals surface area contributed by atoms with Gasteiger partial charge < -0.3 is 23.5 Å². The molecule has 0 fully saturated rings. The highest BCUT2D eigenvalue weighted by atomic mass is 32.1. The molecule has 0 N–H and O–H groups in total. The quantitative estimate of drug-likeness (QED) is 0.616. The number of ether oxygens (including phenoxy) is 4. The van der Waals surface area contributed by atoms with E-state index in [2.05, 4.69) is 4.99 Å². The third-order valence-corrected chi connectivity index (χ3v) is 5.60. The van der Waals surface area contributed by atoms with Gasteiger partial charge in [-0.2, -0.15) is 4.99 Å². The number of thiazole rings is 1. The van der Waals surface area contributed by atoms with Gasteiger partial charge in [0.2, 0.25) is 0 Å². The summed E-state index contributed by atoms with van der Waals surface area (Å²) in [6.07, 6.45) is 3.13. The standard InChI is InChI=1S/C21H20N2O5S/c1-23-14-11-17-18(28-9-8-27-17)12-19(14)29-21(23)22-20(24)7-5-13-4-6-15(25-2)16(10-13)26-3/h4-7,10-12H,8-9H2,1-3H3. The van der Waals surface area contributed by atoms with Crippen LogP contribution in [0.4, 0.5) is 0 Å². The highest BCUT2D eigenvalue weighted by Crippen LogP contribution is 2.35. The zero-order valence-electron chi connectivity index (χ0n) is 16.3. The molecule has 0 saturated heterocycles. The highest BCUT2D eigenvalue weighted by molar-refractivity contribution is 7.16. The smallest absolute Gasteiger partial charge is 0.272 e. The van der Waals surface area contributed by atoms with Crippen LogP contribution in [0.1, 0.15) is 5.56 Å². The van der Waals surface area contributed by atoms with Crippen molar-refractivity contribution in [3.8, 4) is 23.0 Å². The molecule has 0 bridgehead atoms. The van der Waals surface area contributed by atoms with Gasteiger partial charge >= 0.3 is 0 Å². The van der Waals surface area contributed by atoms with Crippen LogP contribution in [0.25, 0.3) is 16.3 Å². The molecule has 0 saturated carbocycles. The SMILES string of the molecule is COc1ccc(C=CC(=O)N=c2sc3cc4c(cc3n2C)OCCO4)cc1OC. The van der Waals surface area contributed by atoms with E-state index < -0.39 is 0 Å². The van der Waals surface area contributed by atoms with E-state index in [-0.39, 0.29) is 5.91 Å². The lowest BCUT2D eigenvalue weighted by Crippen LogP contribution is -2.15. The summed E-state index contributed by atoms with van der Waals surface area (Å²) < 4.78 is 24.6. The molecule has 4 rings (SSSR count). The summed E-state index contributed by atoms with van der Waals surface area (Å²) in [5.41, 5.74) is 1.75. The molecule has 150 valence electrons. The van der Waals surface area contributed by atoms with Crippen LogP contribution < -0.4 is 23.7 Å². The Kier molecular flexibility index (Phi) is 5.26. The first-order valence-electron chi connectivity index (χ1n) is 8.97. The number of carbonyl (C=O) groups excluding carboxylic acids is 1. The van der Waals surface area contributed by atoms with Gasteiger partial charge in [0.1, 0.15) is 13.2 Å². The Morgan fingerprint density at radius 3 is 2.55 bits per heavy atom. The monoisotopic (exact) mass is 412 g/mol. The van der Waals surface area contributed by atoms with E-state index in [0.29, 0.717) is 35.3 Å². The van der Waals surface area contributed by atoms with Gasteiger partial charge in [-0.15, -0.1) is 0 Å². The van der Waals surface area contributed by atoms with Crippen LogP contribution in [0.3, 0.4) is 0 Å². The van der Waals surface area contributed by atoms with Crippen molar-refractivity contribution >= 4 is 33.5 Å². The molecule has 0 radical (unpaired) electrons. The lowest BCUT2D eigenvalue weighted by molar-refractivity contribution is -0.113. The number of carbonyl (C=O) groups is 1. The molecule has 1 aliphatic heterocycles. The summed E-state index contributed by atoms with van der Waals surface area (Å²) >= 11 is 1.43. The van der Waals surface area contributed by atoms with Crippen molar-refractivity contribution in [3.63, 3.8) is 0 Å². The summed E-state index contributed by atoms with van der Waals surface area (Å²) in [6, 6.07) is 9.28. The topological polar surface area (TPSA) is 71.3 Å². The summed E-state index contributed by atoms with van der Waals surface area (Å²) in [5.74, 6) is 2.32. The van der Waals surface area contributed by atoms with Crippen LogP contribution >= 0.6 is 11.3 Å². The largest absolute Gasteiger partial charge is 0.493 e. The molecule has 1 amide bonds. The summed E-state index contributed by atoms with van der Waals surface area (Å²) in [6.45, 7) is 1.07. The van der Waals surface area contributed by atoms with Crippen molar-refractivity contribution in [3.05, 3.63) is 46.8 Å². The molecule has 1 aromatic heterocycles. The Balaban J connectivity index is 1.62. The third kappa shape index (κ3) is 3.84. The number of methoxy groups -OCH3 is 2. The number of aromatic nitrogens is 1. The third-order valence-electron chi connectivity index (χ3n) is 4.51. The van der Waals surface area contributed by atoms with Crippen LogP contribution in [0.5, 0.6) is 23.0 Å². The molecule has 7 nitrogen and oxygen atoms in total. The number of nitrogens with zero attached hydrogens (tertiary/aromatic N) is 2. The van der Waals surface area contributed by atoms with Crippen molar-refractivity contribution in [2.75, 3.05) is 27.4 Å². The van der Waals surface area contributed by atoms with Gasteiger partial charge in [-0.3, -0.25) is 4.79 Å². The van der Waals surface area contributed by atoms with E-state index in [1.165, 1.54) is 17.4 Å². The van der Waals surface area contributed by atoms with Crippen LogP contribution in [0.2, 0.25) is 0 Å². The predicted molar refractivity (Wildman–Crippen MR) is 111 cm³/mol. The number of benzene rings is 2. The van der Waals surface area contributed by atoms with Gasteiger partial charge in [-0.1, -0.05) is 17.4 Å². The van der Waals surface area contributed by atoms with Crippen LogP contribution in [-0.4, -0.2) is 37.9 Å². The Hall–Kier alpha value is -3.26. The van der Waals surface area contributed by atoms with Crippen LogP contribution in [0.15, 0.2) is 41.4 Å². The Morgan fingerprint density at radius 2 is 1.83 bits per heavy atom. The molecular formula is C21H20N2O5S. The van der Waals surface area contributed by atoms with Crippen molar-refractivity contribution in [2.45, 2.75) is 0 Å². The second-order valence-corrected chi connectivity index (χ2v) is 7.31. The molecule has 2 heterocycles. The molecule has 0 aliphatic carbocycles. The van der Waals surface area contributed by atoms with Crippen molar-refractivity contribution in [1.29, 1.82) is 0 Å². The highest BCUT2D eigenvalue weighted by Gasteiger charge is 2.15. The van der Waals surface area contributed by atoms with Gasteiger partial charge in [0.25, 0.3) is 5.91 Å². The lowest BCUT2D eigenvalue weighted by Gasteiger charge is -2.18. The molecule has 8 heteroatoms. The van der Waals surface area contributed by atoms with E-state index in [0.717, 1.165) is 21.5 Å². The molecular weight excluding hydrogens is 392 g/mol. The van der Waals surface area contributed by atoms with Gasteiger partial charge in [0.15, 0.2) is 27.8 Å². The Labute approximate surface area is 171 Å². The molecule has 0 unspecified atom stereocenters. The summed E-state index contributed by atoms with van der Waals surface area (Å²) in [5, 5.41) is 0. The van der Waals surface area contributed by atoms with Crippen molar-refractivity contribution < 1.29 is 23.7 Å². The molecule has 29 heavy (non-hydrogen) atoms. The van der Waals surface area contributed by atoms with Crippen LogP contribution in [0, 0.1) is 0 Å². The number of hydrogen-bond acceptors (Lipinski definition) is 6. The average Bonchev–Trinajstić information content (AvgIpc) is 3.04. The molecule has 0 atom stereocenters.